The van der Waals surface area contributed by atoms with Crippen molar-refractivity contribution in [3.63, 3.8) is 0 Å². The van der Waals surface area contributed by atoms with Crippen molar-refractivity contribution in [3.8, 4) is 28.5 Å². The maximum absolute atomic E-state index is 5.97. The summed E-state index contributed by atoms with van der Waals surface area (Å²) in [5, 5.41) is 0.688. The van der Waals surface area contributed by atoms with Crippen LogP contribution in [0.3, 0.4) is 0 Å². The predicted molar refractivity (Wildman–Crippen MR) is 95.3 cm³/mol. The smallest absolute Gasteiger partial charge is 0.317 e. The molecule has 0 spiro atoms. The first kappa shape index (κ1) is 16.4. The number of aromatic nitrogens is 2. The van der Waals surface area contributed by atoms with Gasteiger partial charge in [0.05, 0.1) is 18.0 Å². The fourth-order valence-electron chi connectivity index (χ4n) is 2.23. The van der Waals surface area contributed by atoms with E-state index in [9.17, 15) is 0 Å². The molecule has 0 aliphatic heterocycles. The van der Waals surface area contributed by atoms with E-state index in [1.165, 1.54) is 0 Å². The molecule has 0 unspecified atom stereocenters. The Morgan fingerprint density at radius 2 is 1.46 bits per heavy atom. The fourth-order valence-corrected chi connectivity index (χ4v) is 2.36. The minimum atomic E-state index is 0.332. The van der Waals surface area contributed by atoms with Gasteiger partial charge in [-0.25, -0.2) is 0 Å². The molecule has 5 heteroatoms. The third-order valence-electron chi connectivity index (χ3n) is 3.43. The number of rotatable bonds is 6. The molecule has 0 amide bonds. The van der Waals surface area contributed by atoms with Crippen LogP contribution in [0, 0.1) is 0 Å². The van der Waals surface area contributed by atoms with Crippen molar-refractivity contribution < 1.29 is 9.47 Å². The monoisotopic (exact) mass is 340 g/mol. The van der Waals surface area contributed by atoms with E-state index in [0.717, 1.165) is 22.5 Å². The lowest BCUT2D eigenvalue weighted by atomic mass is 10.1. The van der Waals surface area contributed by atoms with Crippen LogP contribution in [-0.4, -0.2) is 30.3 Å². The van der Waals surface area contributed by atoms with E-state index in [1.54, 1.807) is 7.11 Å². The summed E-state index contributed by atoms with van der Waals surface area (Å²) in [5.41, 5.74) is 3.55. The van der Waals surface area contributed by atoms with Crippen LogP contribution in [0.5, 0.6) is 6.01 Å². The van der Waals surface area contributed by atoms with Gasteiger partial charge in [0, 0.05) is 23.3 Å². The second kappa shape index (κ2) is 7.90. The lowest BCUT2D eigenvalue weighted by Gasteiger charge is -2.09. The van der Waals surface area contributed by atoms with Crippen molar-refractivity contribution in [1.82, 2.24) is 9.97 Å². The number of methoxy groups -OCH3 is 1. The van der Waals surface area contributed by atoms with Crippen molar-refractivity contribution in [2.45, 2.75) is 0 Å². The Hall–Kier alpha value is -2.43. The number of ether oxygens (including phenoxy) is 2. The van der Waals surface area contributed by atoms with Crippen molar-refractivity contribution >= 4 is 11.6 Å². The molecule has 1 aromatic heterocycles. The first-order valence-electron chi connectivity index (χ1n) is 7.58. The zero-order valence-electron chi connectivity index (χ0n) is 13.3. The summed E-state index contributed by atoms with van der Waals surface area (Å²) >= 11 is 5.97. The van der Waals surface area contributed by atoms with E-state index in [-0.39, 0.29) is 0 Å². The molecule has 1 heterocycles. The molecule has 0 fully saturated rings. The van der Waals surface area contributed by atoms with E-state index in [0.29, 0.717) is 24.2 Å². The highest BCUT2D eigenvalue weighted by molar-refractivity contribution is 6.30. The number of hydrogen-bond donors (Lipinski definition) is 0. The average Bonchev–Trinajstić information content (AvgIpc) is 2.63. The normalized spacial score (nSPS) is 10.6. The lowest BCUT2D eigenvalue weighted by molar-refractivity contribution is 0.141. The van der Waals surface area contributed by atoms with Gasteiger partial charge >= 0.3 is 6.01 Å². The molecular weight excluding hydrogens is 324 g/mol. The summed E-state index contributed by atoms with van der Waals surface area (Å²) in [6.45, 7) is 0.879. The third kappa shape index (κ3) is 4.10. The van der Waals surface area contributed by atoms with Crippen LogP contribution in [0.1, 0.15) is 0 Å². The standard InChI is InChI=1S/C19H17ClN2O2/c1-23-11-12-24-19-21-17(14-5-3-2-4-6-14)13-18(22-19)15-7-9-16(20)10-8-15/h2-10,13H,11-12H2,1H3. The number of halogens is 1. The first-order chi connectivity index (χ1) is 11.8. The van der Waals surface area contributed by atoms with Crippen LogP contribution in [0.25, 0.3) is 22.5 Å². The van der Waals surface area contributed by atoms with Crippen LogP contribution < -0.4 is 4.74 Å². The van der Waals surface area contributed by atoms with Gasteiger partial charge in [-0.15, -0.1) is 0 Å². The molecular formula is C19H17ClN2O2. The molecule has 3 aromatic rings. The van der Waals surface area contributed by atoms with Gasteiger partial charge in [-0.2, -0.15) is 9.97 Å². The van der Waals surface area contributed by atoms with Crippen molar-refractivity contribution in [1.29, 1.82) is 0 Å². The largest absolute Gasteiger partial charge is 0.461 e. The van der Waals surface area contributed by atoms with Crippen molar-refractivity contribution in [2.24, 2.45) is 0 Å². The number of nitrogens with zero attached hydrogens (tertiary/aromatic N) is 2. The van der Waals surface area contributed by atoms with Crippen LogP contribution in [0.2, 0.25) is 5.02 Å². The molecule has 0 saturated heterocycles. The van der Waals surface area contributed by atoms with E-state index in [1.807, 2.05) is 60.7 Å². The summed E-state index contributed by atoms with van der Waals surface area (Å²) in [6.07, 6.45) is 0. The molecule has 0 atom stereocenters. The summed E-state index contributed by atoms with van der Waals surface area (Å²) in [7, 11) is 1.63. The second-order valence-electron chi connectivity index (χ2n) is 5.14. The molecule has 0 saturated carbocycles. The second-order valence-corrected chi connectivity index (χ2v) is 5.57. The molecule has 0 radical (unpaired) electrons. The minimum Gasteiger partial charge on any atom is -0.461 e. The number of hydrogen-bond acceptors (Lipinski definition) is 4. The molecule has 0 N–H and O–H groups in total. The SMILES string of the molecule is COCCOc1nc(-c2ccccc2)cc(-c2ccc(Cl)cc2)n1. The highest BCUT2D eigenvalue weighted by atomic mass is 35.5. The van der Waals surface area contributed by atoms with Crippen LogP contribution in [-0.2, 0) is 4.74 Å². The molecule has 0 bridgehead atoms. The first-order valence-corrected chi connectivity index (χ1v) is 7.96. The Morgan fingerprint density at radius 1 is 0.833 bits per heavy atom. The lowest BCUT2D eigenvalue weighted by Crippen LogP contribution is -2.07. The summed E-state index contributed by atoms with van der Waals surface area (Å²) in [5.74, 6) is 0. The van der Waals surface area contributed by atoms with Gasteiger partial charge in [-0.3, -0.25) is 0 Å². The molecule has 4 nitrogen and oxygen atoms in total. The van der Waals surface area contributed by atoms with Crippen LogP contribution >= 0.6 is 11.6 Å². The van der Waals surface area contributed by atoms with E-state index in [4.69, 9.17) is 21.1 Å². The Bertz CT molecular complexity index is 792. The summed E-state index contributed by atoms with van der Waals surface area (Å²) in [6, 6.07) is 19.8. The molecule has 24 heavy (non-hydrogen) atoms. The van der Waals surface area contributed by atoms with E-state index >= 15 is 0 Å². The zero-order chi connectivity index (χ0) is 16.8. The van der Waals surface area contributed by atoms with Gasteiger partial charge in [0.25, 0.3) is 0 Å². The Kier molecular flexibility index (Phi) is 5.41. The Morgan fingerprint density at radius 3 is 2.08 bits per heavy atom. The molecule has 3 rings (SSSR count). The van der Waals surface area contributed by atoms with Gasteiger partial charge in [0.15, 0.2) is 0 Å². The maximum Gasteiger partial charge on any atom is 0.317 e. The van der Waals surface area contributed by atoms with Crippen LogP contribution in [0.4, 0.5) is 0 Å². The van der Waals surface area contributed by atoms with Gasteiger partial charge in [0.1, 0.15) is 6.61 Å². The number of benzene rings is 2. The maximum atomic E-state index is 5.97. The molecule has 0 aliphatic rings. The highest BCUT2D eigenvalue weighted by Gasteiger charge is 2.09. The van der Waals surface area contributed by atoms with Crippen molar-refractivity contribution in [3.05, 3.63) is 65.7 Å². The predicted octanol–water partition coefficient (Wildman–Crippen LogP) is 4.49. The third-order valence-corrected chi connectivity index (χ3v) is 3.69. The van der Waals surface area contributed by atoms with Crippen molar-refractivity contribution in [2.75, 3.05) is 20.3 Å². The highest BCUT2D eigenvalue weighted by Crippen LogP contribution is 2.26. The van der Waals surface area contributed by atoms with Crippen LogP contribution in [0.15, 0.2) is 60.7 Å². The topological polar surface area (TPSA) is 44.2 Å². The quantitative estimate of drug-likeness (QED) is 0.620. The molecule has 0 aliphatic carbocycles. The Balaban J connectivity index is 2.00. The van der Waals surface area contributed by atoms with Gasteiger partial charge < -0.3 is 9.47 Å². The van der Waals surface area contributed by atoms with E-state index in [2.05, 4.69) is 9.97 Å². The fraction of sp³-hybridized carbons (Fsp3) is 0.158. The molecule has 122 valence electrons. The Labute approximate surface area is 146 Å². The average molecular weight is 341 g/mol. The molecule has 2 aromatic carbocycles. The van der Waals surface area contributed by atoms with Gasteiger partial charge in [-0.1, -0.05) is 54.1 Å². The summed E-state index contributed by atoms with van der Waals surface area (Å²) < 4.78 is 10.6. The van der Waals surface area contributed by atoms with Gasteiger partial charge in [-0.05, 0) is 18.2 Å². The zero-order valence-corrected chi connectivity index (χ0v) is 14.0. The van der Waals surface area contributed by atoms with E-state index < -0.39 is 0 Å². The summed E-state index contributed by atoms with van der Waals surface area (Å²) in [4.78, 5) is 9.00. The van der Waals surface area contributed by atoms with Gasteiger partial charge in [0.2, 0.25) is 0 Å². The minimum absolute atomic E-state index is 0.332.